The first kappa shape index (κ1) is 16.1. The minimum absolute atomic E-state index is 0.197. The van der Waals surface area contributed by atoms with Crippen LogP contribution in [0.1, 0.15) is 41.1 Å². The fourth-order valence-corrected chi connectivity index (χ4v) is 2.89. The van der Waals surface area contributed by atoms with Gasteiger partial charge >= 0.3 is 0 Å². The van der Waals surface area contributed by atoms with Crippen LogP contribution in [0.4, 0.5) is 10.2 Å². The maximum Gasteiger partial charge on any atom is 0.288 e. The first-order chi connectivity index (χ1) is 10.9. The molecule has 1 aromatic rings. The standard InChI is InChI=1S/C16H24FN5O/c1-10-11(2)20-13(15(23)18-3)21-14(10)22-7-4-12(8-22)19-9-16(17)5-6-16/h12,19H,4-9H2,1-3H3,(H,18,23)/t12-/m1/s1. The van der Waals surface area contributed by atoms with Crippen molar-refractivity contribution in [2.24, 2.45) is 0 Å². The molecule has 7 heteroatoms. The van der Waals surface area contributed by atoms with E-state index >= 15 is 0 Å². The van der Waals surface area contributed by atoms with Crippen molar-refractivity contribution in [1.29, 1.82) is 0 Å². The Hall–Kier alpha value is -1.76. The van der Waals surface area contributed by atoms with Crippen molar-refractivity contribution in [3.8, 4) is 0 Å². The van der Waals surface area contributed by atoms with Gasteiger partial charge in [-0.1, -0.05) is 0 Å². The van der Waals surface area contributed by atoms with Gasteiger partial charge in [0, 0.05) is 44.0 Å². The van der Waals surface area contributed by atoms with E-state index in [-0.39, 0.29) is 17.8 Å². The Kier molecular flexibility index (Phi) is 4.23. The maximum absolute atomic E-state index is 13.7. The maximum atomic E-state index is 13.7. The highest BCUT2D eigenvalue weighted by Crippen LogP contribution is 2.39. The first-order valence-corrected chi connectivity index (χ1v) is 8.16. The molecule has 0 bridgehead atoms. The molecule has 2 aliphatic rings. The van der Waals surface area contributed by atoms with E-state index in [1.54, 1.807) is 7.05 Å². The summed E-state index contributed by atoms with van der Waals surface area (Å²) in [6.45, 7) is 5.93. The highest BCUT2D eigenvalue weighted by Gasteiger charge is 2.43. The SMILES string of the molecule is CNC(=O)c1nc(C)c(C)c(N2CC[C@@H](NCC3(F)CC3)C2)n1. The van der Waals surface area contributed by atoms with Crippen LogP contribution in [0.15, 0.2) is 0 Å². The number of rotatable bonds is 5. The van der Waals surface area contributed by atoms with Crippen LogP contribution in [-0.4, -0.2) is 54.3 Å². The fourth-order valence-electron chi connectivity index (χ4n) is 2.89. The molecule has 2 fully saturated rings. The van der Waals surface area contributed by atoms with Crippen LogP contribution < -0.4 is 15.5 Å². The van der Waals surface area contributed by atoms with Gasteiger partial charge in [-0.3, -0.25) is 4.79 Å². The van der Waals surface area contributed by atoms with Crippen LogP contribution in [-0.2, 0) is 0 Å². The second-order valence-electron chi connectivity index (χ2n) is 6.62. The third kappa shape index (κ3) is 3.44. The van der Waals surface area contributed by atoms with Gasteiger partial charge in [-0.2, -0.15) is 0 Å². The van der Waals surface area contributed by atoms with Crippen LogP contribution in [0.3, 0.4) is 0 Å². The van der Waals surface area contributed by atoms with Gasteiger partial charge in [-0.15, -0.1) is 0 Å². The summed E-state index contributed by atoms with van der Waals surface area (Å²) in [6, 6.07) is 0.265. The Morgan fingerprint density at radius 2 is 2.13 bits per heavy atom. The highest BCUT2D eigenvalue weighted by molar-refractivity contribution is 5.90. The Morgan fingerprint density at radius 3 is 2.78 bits per heavy atom. The van der Waals surface area contributed by atoms with Gasteiger partial charge in [-0.25, -0.2) is 14.4 Å². The largest absolute Gasteiger partial charge is 0.355 e. The molecule has 1 saturated carbocycles. The lowest BCUT2D eigenvalue weighted by Gasteiger charge is -2.21. The zero-order valence-electron chi connectivity index (χ0n) is 13.9. The number of carbonyl (C=O) groups excluding carboxylic acids is 1. The molecular formula is C16H24FN5O. The van der Waals surface area contributed by atoms with Gasteiger partial charge in [-0.05, 0) is 33.1 Å². The smallest absolute Gasteiger partial charge is 0.288 e. The third-order valence-electron chi connectivity index (χ3n) is 4.78. The summed E-state index contributed by atoms with van der Waals surface area (Å²) in [5, 5.41) is 5.89. The molecule has 0 unspecified atom stereocenters. The van der Waals surface area contributed by atoms with E-state index in [1.165, 1.54) is 0 Å². The van der Waals surface area contributed by atoms with E-state index < -0.39 is 5.67 Å². The van der Waals surface area contributed by atoms with Gasteiger partial charge in [0.1, 0.15) is 11.5 Å². The number of anilines is 1. The Labute approximate surface area is 135 Å². The van der Waals surface area contributed by atoms with Crippen LogP contribution in [0.2, 0.25) is 0 Å². The molecule has 1 amide bonds. The van der Waals surface area contributed by atoms with E-state index in [9.17, 15) is 9.18 Å². The molecule has 1 saturated heterocycles. The van der Waals surface area contributed by atoms with E-state index in [1.807, 2.05) is 13.8 Å². The molecule has 126 valence electrons. The fraction of sp³-hybridized carbons (Fsp3) is 0.688. The van der Waals surface area contributed by atoms with E-state index in [0.717, 1.165) is 36.6 Å². The van der Waals surface area contributed by atoms with Gasteiger partial charge in [0.2, 0.25) is 5.82 Å². The van der Waals surface area contributed by atoms with Crippen molar-refractivity contribution in [2.75, 3.05) is 31.6 Å². The number of aryl methyl sites for hydroxylation is 1. The number of carbonyl (C=O) groups is 1. The predicted molar refractivity (Wildman–Crippen MR) is 86.6 cm³/mol. The summed E-state index contributed by atoms with van der Waals surface area (Å²) in [5.41, 5.74) is 0.828. The monoisotopic (exact) mass is 321 g/mol. The third-order valence-corrected chi connectivity index (χ3v) is 4.78. The lowest BCUT2D eigenvalue weighted by Crippen LogP contribution is -2.37. The number of hydrogen-bond acceptors (Lipinski definition) is 5. The van der Waals surface area contributed by atoms with Crippen molar-refractivity contribution in [2.45, 2.75) is 44.8 Å². The molecule has 1 aromatic heterocycles. The van der Waals surface area contributed by atoms with Crippen LogP contribution in [0, 0.1) is 13.8 Å². The summed E-state index contributed by atoms with van der Waals surface area (Å²) < 4.78 is 13.7. The van der Waals surface area contributed by atoms with Crippen molar-refractivity contribution >= 4 is 11.7 Å². The topological polar surface area (TPSA) is 70.2 Å². The number of aromatic nitrogens is 2. The van der Waals surface area contributed by atoms with Gasteiger partial charge < -0.3 is 15.5 Å². The second-order valence-corrected chi connectivity index (χ2v) is 6.62. The van der Waals surface area contributed by atoms with Crippen molar-refractivity contribution < 1.29 is 9.18 Å². The van der Waals surface area contributed by atoms with Gasteiger partial charge in [0.25, 0.3) is 5.91 Å². The van der Waals surface area contributed by atoms with E-state index in [0.29, 0.717) is 19.4 Å². The molecular weight excluding hydrogens is 297 g/mol. The molecule has 3 rings (SSSR count). The van der Waals surface area contributed by atoms with E-state index in [4.69, 9.17) is 0 Å². The highest BCUT2D eigenvalue weighted by atomic mass is 19.1. The first-order valence-electron chi connectivity index (χ1n) is 8.16. The van der Waals surface area contributed by atoms with Crippen molar-refractivity contribution in [3.63, 3.8) is 0 Å². The molecule has 0 radical (unpaired) electrons. The molecule has 1 aliphatic heterocycles. The lowest BCUT2D eigenvalue weighted by molar-refractivity contribution is 0.0952. The minimum Gasteiger partial charge on any atom is -0.355 e. The summed E-state index contributed by atoms with van der Waals surface area (Å²) in [4.78, 5) is 22.7. The zero-order valence-corrected chi connectivity index (χ0v) is 13.9. The summed E-state index contributed by atoms with van der Waals surface area (Å²) in [5.74, 6) is 0.723. The zero-order chi connectivity index (χ0) is 16.6. The van der Waals surface area contributed by atoms with E-state index in [2.05, 4.69) is 25.5 Å². The molecule has 6 nitrogen and oxygen atoms in total. The second kappa shape index (κ2) is 6.03. The molecule has 1 aliphatic carbocycles. The number of hydrogen-bond donors (Lipinski definition) is 2. The van der Waals surface area contributed by atoms with Crippen molar-refractivity contribution in [1.82, 2.24) is 20.6 Å². The number of amides is 1. The molecule has 2 N–H and O–H groups in total. The molecule has 0 aromatic carbocycles. The summed E-state index contributed by atoms with van der Waals surface area (Å²) >= 11 is 0. The minimum atomic E-state index is -0.971. The van der Waals surface area contributed by atoms with Crippen molar-refractivity contribution in [3.05, 3.63) is 17.1 Å². The summed E-state index contributed by atoms with van der Waals surface area (Å²) in [6.07, 6.45) is 2.31. The number of nitrogens with zero attached hydrogens (tertiary/aromatic N) is 3. The number of alkyl halides is 1. The molecule has 23 heavy (non-hydrogen) atoms. The molecule has 1 atom stereocenters. The normalized spacial score (nSPS) is 22.3. The molecule has 0 spiro atoms. The quantitative estimate of drug-likeness (QED) is 0.850. The molecule has 2 heterocycles. The van der Waals surface area contributed by atoms with Crippen LogP contribution in [0.5, 0.6) is 0 Å². The predicted octanol–water partition coefficient (Wildman–Crippen LogP) is 1.12. The Morgan fingerprint density at radius 1 is 1.39 bits per heavy atom. The van der Waals surface area contributed by atoms with Crippen LogP contribution in [0.25, 0.3) is 0 Å². The Bertz CT molecular complexity index is 617. The number of halogens is 1. The van der Waals surface area contributed by atoms with Gasteiger partial charge in [0.15, 0.2) is 0 Å². The van der Waals surface area contributed by atoms with Crippen LogP contribution >= 0.6 is 0 Å². The number of nitrogens with one attached hydrogen (secondary N) is 2. The average Bonchev–Trinajstić information content (AvgIpc) is 3.09. The Balaban J connectivity index is 1.71. The van der Waals surface area contributed by atoms with Gasteiger partial charge in [0.05, 0.1) is 0 Å². The lowest BCUT2D eigenvalue weighted by atomic mass is 10.2. The average molecular weight is 321 g/mol. The summed E-state index contributed by atoms with van der Waals surface area (Å²) in [7, 11) is 1.57.